The van der Waals surface area contributed by atoms with Crippen LogP contribution in [0.3, 0.4) is 0 Å². The first kappa shape index (κ1) is 13.5. The lowest BCUT2D eigenvalue weighted by atomic mass is 9.82. The molecule has 1 amide bonds. The van der Waals surface area contributed by atoms with Gasteiger partial charge in [0.2, 0.25) is 5.91 Å². The molecule has 20 heavy (non-hydrogen) atoms. The Balaban J connectivity index is 1.66. The molecule has 3 heterocycles. The molecule has 2 aliphatic heterocycles. The van der Waals surface area contributed by atoms with Gasteiger partial charge >= 0.3 is 0 Å². The first-order valence-corrected chi connectivity index (χ1v) is 7.18. The maximum atomic E-state index is 12.0. The number of nitrogens with one attached hydrogen (secondary N) is 1. The number of hydrogen-bond donors (Lipinski definition) is 1. The maximum absolute atomic E-state index is 12.0. The molecular formula is C15H21N3O2. The zero-order valence-electron chi connectivity index (χ0n) is 11.8. The molecule has 1 aromatic heterocycles. The Hall–Kier alpha value is -1.46. The van der Waals surface area contributed by atoms with E-state index >= 15 is 0 Å². The molecule has 0 radical (unpaired) electrons. The number of carbonyl (C=O) groups excluding carboxylic acids is 1. The summed E-state index contributed by atoms with van der Waals surface area (Å²) in [4.78, 5) is 18.4. The monoisotopic (exact) mass is 275 g/mol. The molecule has 1 aromatic rings. The number of rotatable bonds is 3. The van der Waals surface area contributed by atoms with E-state index in [4.69, 9.17) is 4.74 Å². The van der Waals surface area contributed by atoms with Gasteiger partial charge in [-0.3, -0.25) is 14.7 Å². The fraction of sp³-hybridized carbons (Fsp3) is 0.600. The zero-order chi connectivity index (χ0) is 13.9. The second-order valence-electron chi connectivity index (χ2n) is 5.73. The van der Waals surface area contributed by atoms with Crippen LogP contribution in [0.2, 0.25) is 0 Å². The average molecular weight is 275 g/mol. The highest BCUT2D eigenvalue weighted by Gasteiger charge is 2.43. The molecule has 3 rings (SSSR count). The molecule has 108 valence electrons. The van der Waals surface area contributed by atoms with Crippen LogP contribution < -0.4 is 5.32 Å². The second-order valence-corrected chi connectivity index (χ2v) is 5.73. The molecule has 0 saturated carbocycles. The SMILES string of the molecule is CNC(=O)[C@@H]1COC[C@@H]2CN(Cc3ccncc3)C[C@@H]21. The summed E-state index contributed by atoms with van der Waals surface area (Å²) in [6.07, 6.45) is 3.66. The van der Waals surface area contributed by atoms with Gasteiger partial charge in [-0.05, 0) is 29.5 Å². The molecule has 5 nitrogen and oxygen atoms in total. The van der Waals surface area contributed by atoms with Crippen molar-refractivity contribution in [3.8, 4) is 0 Å². The molecule has 0 aromatic carbocycles. The Morgan fingerprint density at radius 1 is 1.40 bits per heavy atom. The standard InChI is InChI=1S/C15H21N3O2/c1-16-15(19)14-10-20-9-12-7-18(8-13(12)14)6-11-2-4-17-5-3-11/h2-5,12-14H,6-10H2,1H3,(H,16,19)/t12-,13-,14+/m0/s1. The number of ether oxygens (including phenoxy) is 1. The highest BCUT2D eigenvalue weighted by Crippen LogP contribution is 2.34. The van der Waals surface area contributed by atoms with Crippen molar-refractivity contribution in [1.29, 1.82) is 0 Å². The van der Waals surface area contributed by atoms with Gasteiger partial charge in [0.25, 0.3) is 0 Å². The molecule has 2 fully saturated rings. The van der Waals surface area contributed by atoms with Gasteiger partial charge in [-0.25, -0.2) is 0 Å². The molecule has 0 aliphatic carbocycles. The van der Waals surface area contributed by atoms with E-state index in [1.54, 1.807) is 7.05 Å². The van der Waals surface area contributed by atoms with E-state index in [1.165, 1.54) is 5.56 Å². The summed E-state index contributed by atoms with van der Waals surface area (Å²) in [5.41, 5.74) is 1.27. The zero-order valence-corrected chi connectivity index (χ0v) is 11.8. The van der Waals surface area contributed by atoms with E-state index in [0.717, 1.165) is 26.2 Å². The van der Waals surface area contributed by atoms with E-state index in [2.05, 4.69) is 27.3 Å². The molecule has 2 saturated heterocycles. The second kappa shape index (κ2) is 5.89. The predicted octanol–water partition coefficient (Wildman–Crippen LogP) is 0.522. The first-order valence-electron chi connectivity index (χ1n) is 7.18. The van der Waals surface area contributed by atoms with Gasteiger partial charge in [0.05, 0.1) is 19.1 Å². The fourth-order valence-corrected chi connectivity index (χ4v) is 3.42. The highest BCUT2D eigenvalue weighted by atomic mass is 16.5. The Morgan fingerprint density at radius 2 is 2.20 bits per heavy atom. The lowest BCUT2D eigenvalue weighted by molar-refractivity contribution is -0.133. The highest BCUT2D eigenvalue weighted by molar-refractivity contribution is 5.79. The minimum absolute atomic E-state index is 0.00110. The van der Waals surface area contributed by atoms with Gasteiger partial charge in [-0.2, -0.15) is 0 Å². The van der Waals surface area contributed by atoms with E-state index in [-0.39, 0.29) is 11.8 Å². The summed E-state index contributed by atoms with van der Waals surface area (Å²) >= 11 is 0. The number of pyridine rings is 1. The van der Waals surface area contributed by atoms with E-state index < -0.39 is 0 Å². The predicted molar refractivity (Wildman–Crippen MR) is 74.9 cm³/mol. The van der Waals surface area contributed by atoms with Crippen molar-refractivity contribution in [1.82, 2.24) is 15.2 Å². The molecule has 0 bridgehead atoms. The smallest absolute Gasteiger partial charge is 0.225 e. The summed E-state index contributed by atoms with van der Waals surface area (Å²) in [6.45, 7) is 4.26. The van der Waals surface area contributed by atoms with Crippen LogP contribution in [0.4, 0.5) is 0 Å². The lowest BCUT2D eigenvalue weighted by Gasteiger charge is -2.31. The van der Waals surface area contributed by atoms with Crippen molar-refractivity contribution >= 4 is 5.91 Å². The molecule has 1 N–H and O–H groups in total. The molecule has 5 heteroatoms. The number of hydrogen-bond acceptors (Lipinski definition) is 4. The van der Waals surface area contributed by atoms with Gasteiger partial charge < -0.3 is 10.1 Å². The largest absolute Gasteiger partial charge is 0.380 e. The van der Waals surface area contributed by atoms with Gasteiger partial charge in [0.1, 0.15) is 0 Å². The fourth-order valence-electron chi connectivity index (χ4n) is 3.42. The van der Waals surface area contributed by atoms with Gasteiger partial charge in [-0.1, -0.05) is 0 Å². The molecular weight excluding hydrogens is 254 g/mol. The number of nitrogens with zero attached hydrogens (tertiary/aromatic N) is 2. The number of likely N-dealkylation sites (tertiary alicyclic amines) is 1. The number of carbonyl (C=O) groups is 1. The normalized spacial score (nSPS) is 29.9. The molecule has 2 aliphatic rings. The van der Waals surface area contributed by atoms with Gasteiger partial charge in [0, 0.05) is 39.1 Å². The van der Waals surface area contributed by atoms with Crippen LogP contribution in [0.1, 0.15) is 5.56 Å². The number of aromatic nitrogens is 1. The number of amides is 1. The van der Waals surface area contributed by atoms with Crippen molar-refractivity contribution in [2.24, 2.45) is 17.8 Å². The first-order chi connectivity index (χ1) is 9.78. The summed E-state index contributed by atoms with van der Waals surface area (Å²) in [6, 6.07) is 4.10. The molecule has 0 spiro atoms. The van der Waals surface area contributed by atoms with Crippen LogP contribution in [0, 0.1) is 17.8 Å². The summed E-state index contributed by atoms with van der Waals surface area (Å²) in [7, 11) is 1.70. The van der Waals surface area contributed by atoms with Crippen LogP contribution in [0.15, 0.2) is 24.5 Å². The van der Waals surface area contributed by atoms with Crippen LogP contribution >= 0.6 is 0 Å². The van der Waals surface area contributed by atoms with Crippen molar-refractivity contribution < 1.29 is 9.53 Å². The van der Waals surface area contributed by atoms with Crippen molar-refractivity contribution in [2.75, 3.05) is 33.4 Å². The Kier molecular flexibility index (Phi) is 3.98. The summed E-state index contributed by atoms with van der Waals surface area (Å²) in [5.74, 6) is 1.02. The van der Waals surface area contributed by atoms with Gasteiger partial charge in [-0.15, -0.1) is 0 Å². The van der Waals surface area contributed by atoms with Crippen molar-refractivity contribution in [3.05, 3.63) is 30.1 Å². The minimum atomic E-state index is 0.00110. The Morgan fingerprint density at radius 3 is 2.95 bits per heavy atom. The van der Waals surface area contributed by atoms with Crippen molar-refractivity contribution in [3.63, 3.8) is 0 Å². The maximum Gasteiger partial charge on any atom is 0.225 e. The van der Waals surface area contributed by atoms with Crippen LogP contribution in [0.25, 0.3) is 0 Å². The van der Waals surface area contributed by atoms with E-state index in [9.17, 15) is 4.79 Å². The Bertz CT molecular complexity index is 465. The summed E-state index contributed by atoms with van der Waals surface area (Å²) in [5, 5.41) is 2.77. The quantitative estimate of drug-likeness (QED) is 0.874. The Labute approximate surface area is 119 Å². The summed E-state index contributed by atoms with van der Waals surface area (Å²) < 4.78 is 5.62. The topological polar surface area (TPSA) is 54.5 Å². The molecule has 3 atom stereocenters. The average Bonchev–Trinajstić information content (AvgIpc) is 2.89. The van der Waals surface area contributed by atoms with Crippen LogP contribution in [0.5, 0.6) is 0 Å². The van der Waals surface area contributed by atoms with Crippen molar-refractivity contribution in [2.45, 2.75) is 6.54 Å². The van der Waals surface area contributed by atoms with Crippen LogP contribution in [-0.2, 0) is 16.1 Å². The van der Waals surface area contributed by atoms with E-state index in [0.29, 0.717) is 18.4 Å². The van der Waals surface area contributed by atoms with Gasteiger partial charge in [0.15, 0.2) is 0 Å². The van der Waals surface area contributed by atoms with E-state index in [1.807, 2.05) is 12.4 Å². The lowest BCUT2D eigenvalue weighted by Crippen LogP contribution is -2.43. The van der Waals surface area contributed by atoms with Crippen LogP contribution in [-0.4, -0.2) is 49.1 Å². The third-order valence-corrected chi connectivity index (χ3v) is 4.45. The third-order valence-electron chi connectivity index (χ3n) is 4.45. The molecule has 0 unspecified atom stereocenters. The number of fused-ring (bicyclic) bond motifs is 1. The minimum Gasteiger partial charge on any atom is -0.380 e. The third kappa shape index (κ3) is 2.69.